The van der Waals surface area contributed by atoms with Crippen molar-refractivity contribution in [2.45, 2.75) is 11.3 Å². The Morgan fingerprint density at radius 2 is 1.66 bits per heavy atom. The number of anilines is 2. The Hall–Kier alpha value is -3.38. The van der Waals surface area contributed by atoms with Crippen molar-refractivity contribution in [1.82, 2.24) is 0 Å². The zero-order chi connectivity index (χ0) is 20.2. The number of amides is 2. The minimum Gasteiger partial charge on any atom is -0.325 e. The van der Waals surface area contributed by atoms with Crippen LogP contribution in [0.15, 0.2) is 77.7 Å². The molecule has 3 aromatic rings. The highest BCUT2D eigenvalue weighted by atomic mass is 32.2. The van der Waals surface area contributed by atoms with Crippen LogP contribution in [0.5, 0.6) is 0 Å². The van der Waals surface area contributed by atoms with E-state index >= 15 is 0 Å². The highest BCUT2D eigenvalue weighted by Crippen LogP contribution is 2.31. The predicted molar refractivity (Wildman–Crippen MR) is 115 cm³/mol. The maximum absolute atomic E-state index is 12.7. The van der Waals surface area contributed by atoms with Crippen LogP contribution in [0.25, 0.3) is 0 Å². The second-order valence-corrected chi connectivity index (χ2v) is 7.72. The Balaban J connectivity index is 1.53. The van der Waals surface area contributed by atoms with E-state index in [2.05, 4.69) is 10.6 Å². The number of carbonyl (C=O) groups is 3. The molecule has 3 aromatic carbocycles. The summed E-state index contributed by atoms with van der Waals surface area (Å²) in [5, 5.41) is 5.67. The molecule has 0 aromatic heterocycles. The Bertz CT molecular complexity index is 1100. The third-order valence-corrected chi connectivity index (χ3v) is 5.60. The van der Waals surface area contributed by atoms with Crippen molar-refractivity contribution >= 4 is 40.7 Å². The Labute approximate surface area is 172 Å². The van der Waals surface area contributed by atoms with Crippen molar-refractivity contribution < 1.29 is 14.4 Å². The fourth-order valence-electron chi connectivity index (χ4n) is 3.06. The zero-order valence-corrected chi connectivity index (χ0v) is 16.3. The molecule has 0 saturated carbocycles. The molecule has 0 radical (unpaired) electrons. The van der Waals surface area contributed by atoms with E-state index in [9.17, 15) is 14.4 Å². The van der Waals surface area contributed by atoms with Gasteiger partial charge in [0.15, 0.2) is 5.78 Å². The van der Waals surface area contributed by atoms with Crippen LogP contribution in [0.1, 0.15) is 32.7 Å². The molecule has 2 amide bonds. The lowest BCUT2D eigenvalue weighted by molar-refractivity contribution is -0.115. The van der Waals surface area contributed by atoms with E-state index in [1.54, 1.807) is 60.3 Å². The summed E-state index contributed by atoms with van der Waals surface area (Å²) in [5.74, 6) is 0.250. The molecule has 0 fully saturated rings. The summed E-state index contributed by atoms with van der Waals surface area (Å²) in [6, 6.07) is 21.1. The maximum Gasteiger partial charge on any atom is 0.255 e. The molecule has 1 heterocycles. The normalized spacial score (nSPS) is 13.0. The van der Waals surface area contributed by atoms with Gasteiger partial charge in [0.25, 0.3) is 5.91 Å². The number of fused-ring (bicyclic) bond motifs is 1. The van der Waals surface area contributed by atoms with E-state index in [4.69, 9.17) is 0 Å². The molecular weight excluding hydrogens is 384 g/mol. The summed E-state index contributed by atoms with van der Waals surface area (Å²) in [4.78, 5) is 38.1. The summed E-state index contributed by atoms with van der Waals surface area (Å²) in [7, 11) is 0. The summed E-state index contributed by atoms with van der Waals surface area (Å²) in [6.07, 6.45) is 0.448. The third-order valence-electron chi connectivity index (χ3n) is 4.52. The second-order valence-electron chi connectivity index (χ2n) is 6.59. The largest absolute Gasteiger partial charge is 0.325 e. The molecule has 0 bridgehead atoms. The first-order valence-electron chi connectivity index (χ1n) is 9.18. The van der Waals surface area contributed by atoms with Gasteiger partial charge >= 0.3 is 0 Å². The molecule has 5 nitrogen and oxygen atoms in total. The predicted octanol–water partition coefficient (Wildman–Crippen LogP) is 4.60. The van der Waals surface area contributed by atoms with Gasteiger partial charge in [0.05, 0.1) is 5.69 Å². The topological polar surface area (TPSA) is 75.3 Å². The van der Waals surface area contributed by atoms with E-state index in [-0.39, 0.29) is 17.6 Å². The van der Waals surface area contributed by atoms with Crippen molar-refractivity contribution in [1.29, 1.82) is 0 Å². The van der Waals surface area contributed by atoms with Crippen LogP contribution in [0, 0.1) is 0 Å². The second kappa shape index (κ2) is 8.32. The van der Waals surface area contributed by atoms with Gasteiger partial charge in [0.2, 0.25) is 5.91 Å². The maximum atomic E-state index is 12.7. The first kappa shape index (κ1) is 19.0. The van der Waals surface area contributed by atoms with Crippen LogP contribution < -0.4 is 10.6 Å². The summed E-state index contributed by atoms with van der Waals surface area (Å²) in [6.45, 7) is 0. The van der Waals surface area contributed by atoms with Crippen LogP contribution in [0.3, 0.4) is 0 Å². The van der Waals surface area contributed by atoms with E-state index < -0.39 is 0 Å². The molecular formula is C23H18N2O3S. The third kappa shape index (κ3) is 4.38. The number of thioether (sulfide) groups is 1. The summed E-state index contributed by atoms with van der Waals surface area (Å²) in [5.41, 5.74) is 2.71. The minimum absolute atomic E-state index is 0.0547. The highest BCUT2D eigenvalue weighted by Gasteiger charge is 2.16. The molecule has 0 unspecified atom stereocenters. The SMILES string of the molecule is O=C1CCSc2ccc(C(=O)Nc3cccc(C(=O)c4ccccc4)c3)cc2N1. The number of rotatable bonds is 4. The standard InChI is InChI=1S/C23H18N2O3S/c26-21-11-12-29-20-10-9-17(14-19(20)25-21)23(28)24-18-8-4-7-16(13-18)22(27)15-5-2-1-3-6-15/h1-10,13-14H,11-12H2,(H,24,28)(H,25,26). The van der Waals surface area contributed by atoms with Gasteiger partial charge in [0, 0.05) is 39.4 Å². The van der Waals surface area contributed by atoms with Crippen molar-refractivity contribution in [2.24, 2.45) is 0 Å². The fraction of sp³-hybridized carbons (Fsp3) is 0.0870. The van der Waals surface area contributed by atoms with Gasteiger partial charge in [-0.25, -0.2) is 0 Å². The molecule has 0 atom stereocenters. The molecule has 2 N–H and O–H groups in total. The van der Waals surface area contributed by atoms with Crippen LogP contribution in [0.4, 0.5) is 11.4 Å². The Morgan fingerprint density at radius 1 is 0.862 bits per heavy atom. The van der Waals surface area contributed by atoms with Crippen molar-refractivity contribution in [3.63, 3.8) is 0 Å². The van der Waals surface area contributed by atoms with Crippen molar-refractivity contribution in [3.8, 4) is 0 Å². The van der Waals surface area contributed by atoms with Crippen LogP contribution in [0.2, 0.25) is 0 Å². The van der Waals surface area contributed by atoms with Crippen molar-refractivity contribution in [2.75, 3.05) is 16.4 Å². The summed E-state index contributed by atoms with van der Waals surface area (Å²) >= 11 is 1.59. The molecule has 0 aliphatic carbocycles. The lowest BCUT2D eigenvalue weighted by atomic mass is 10.0. The van der Waals surface area contributed by atoms with E-state index in [1.807, 2.05) is 24.3 Å². The average molecular weight is 402 g/mol. The Morgan fingerprint density at radius 3 is 2.48 bits per heavy atom. The van der Waals surface area contributed by atoms with Gasteiger partial charge in [-0.3, -0.25) is 14.4 Å². The molecule has 29 heavy (non-hydrogen) atoms. The number of hydrogen-bond donors (Lipinski definition) is 2. The first-order valence-corrected chi connectivity index (χ1v) is 10.2. The molecule has 1 aliphatic heterocycles. The molecule has 1 aliphatic rings. The van der Waals surface area contributed by atoms with Crippen LogP contribution in [-0.4, -0.2) is 23.4 Å². The van der Waals surface area contributed by atoms with Crippen molar-refractivity contribution in [3.05, 3.63) is 89.5 Å². The number of ketones is 1. The lowest BCUT2D eigenvalue weighted by Crippen LogP contribution is -2.14. The number of benzene rings is 3. The van der Waals surface area contributed by atoms with Gasteiger partial charge in [-0.15, -0.1) is 11.8 Å². The molecule has 0 spiro atoms. The number of carbonyl (C=O) groups excluding carboxylic acids is 3. The van der Waals surface area contributed by atoms with E-state index in [0.717, 1.165) is 4.90 Å². The average Bonchev–Trinajstić information content (AvgIpc) is 2.93. The smallest absolute Gasteiger partial charge is 0.255 e. The fourth-order valence-corrected chi connectivity index (χ4v) is 4.00. The molecule has 144 valence electrons. The first-order chi connectivity index (χ1) is 14.1. The Kier molecular flexibility index (Phi) is 5.44. The number of nitrogens with one attached hydrogen (secondary N) is 2. The van der Waals surface area contributed by atoms with Gasteiger partial charge in [-0.2, -0.15) is 0 Å². The van der Waals surface area contributed by atoms with Gasteiger partial charge in [0.1, 0.15) is 0 Å². The molecule has 6 heteroatoms. The summed E-state index contributed by atoms with van der Waals surface area (Å²) < 4.78 is 0. The van der Waals surface area contributed by atoms with E-state index in [0.29, 0.717) is 40.2 Å². The quantitative estimate of drug-likeness (QED) is 0.625. The van der Waals surface area contributed by atoms with Gasteiger partial charge < -0.3 is 10.6 Å². The van der Waals surface area contributed by atoms with Crippen LogP contribution >= 0.6 is 11.8 Å². The number of hydrogen-bond acceptors (Lipinski definition) is 4. The van der Waals surface area contributed by atoms with Gasteiger partial charge in [-0.05, 0) is 30.3 Å². The molecule has 0 saturated heterocycles. The van der Waals surface area contributed by atoms with Gasteiger partial charge in [-0.1, -0.05) is 42.5 Å². The lowest BCUT2D eigenvalue weighted by Gasteiger charge is -2.10. The molecule has 4 rings (SSSR count). The minimum atomic E-state index is -0.305. The van der Waals surface area contributed by atoms with Crippen LogP contribution in [-0.2, 0) is 4.79 Å². The monoisotopic (exact) mass is 402 g/mol. The van der Waals surface area contributed by atoms with E-state index in [1.165, 1.54) is 0 Å². The zero-order valence-electron chi connectivity index (χ0n) is 15.5. The highest BCUT2D eigenvalue weighted by molar-refractivity contribution is 7.99.